The molecule has 2 rings (SSSR count). The topological polar surface area (TPSA) is 70.7 Å². The molecule has 1 unspecified atom stereocenters. The van der Waals surface area contributed by atoms with Crippen LogP contribution in [0.25, 0.3) is 0 Å². The van der Waals surface area contributed by atoms with Gasteiger partial charge in [0.15, 0.2) is 0 Å². The molecule has 6 heteroatoms. The second kappa shape index (κ2) is 4.86. The molecule has 0 spiro atoms. The molecule has 1 saturated heterocycles. The highest BCUT2D eigenvalue weighted by molar-refractivity contribution is 8.01. The molecule has 1 fully saturated rings. The van der Waals surface area contributed by atoms with Gasteiger partial charge in [-0.2, -0.15) is 5.10 Å². The molecule has 0 aliphatic carbocycles. The summed E-state index contributed by atoms with van der Waals surface area (Å²) in [5, 5.41) is 9.49. The van der Waals surface area contributed by atoms with Crippen LogP contribution in [0.4, 0.5) is 0 Å². The largest absolute Gasteiger partial charge is 0.354 e. The number of thioether (sulfide) groups is 1. The summed E-state index contributed by atoms with van der Waals surface area (Å²) in [6, 6.07) is 0. The molecular weight excluding hydrogens is 224 g/mol. The van der Waals surface area contributed by atoms with E-state index in [4.69, 9.17) is 0 Å². The summed E-state index contributed by atoms with van der Waals surface area (Å²) >= 11 is 1.75. The molecule has 1 aromatic rings. The lowest BCUT2D eigenvalue weighted by Gasteiger charge is -2.21. The summed E-state index contributed by atoms with van der Waals surface area (Å²) in [6.07, 6.45) is 4.29. The average molecular weight is 240 g/mol. The van der Waals surface area contributed by atoms with Gasteiger partial charge in [0.2, 0.25) is 5.91 Å². The highest BCUT2D eigenvalue weighted by atomic mass is 32.2. The second-order valence-corrected chi connectivity index (χ2v) is 5.72. The number of aromatic amines is 1. The normalized spacial score (nSPS) is 24.6. The summed E-state index contributed by atoms with van der Waals surface area (Å²) in [5.41, 5.74) is 0. The first-order valence-corrected chi connectivity index (χ1v) is 6.46. The van der Waals surface area contributed by atoms with Gasteiger partial charge in [0.25, 0.3) is 0 Å². The van der Waals surface area contributed by atoms with Crippen LogP contribution < -0.4 is 5.32 Å². The molecule has 1 aromatic heterocycles. The third-order valence-electron chi connectivity index (χ3n) is 2.81. The van der Waals surface area contributed by atoms with Gasteiger partial charge in [0.05, 0.1) is 4.75 Å². The fourth-order valence-corrected chi connectivity index (χ4v) is 3.02. The molecule has 1 amide bonds. The number of carbonyl (C=O) groups excluding carboxylic acids is 1. The number of aromatic nitrogens is 3. The minimum Gasteiger partial charge on any atom is -0.354 e. The van der Waals surface area contributed by atoms with Crippen LogP contribution in [0.2, 0.25) is 0 Å². The van der Waals surface area contributed by atoms with Crippen LogP contribution in [0.3, 0.4) is 0 Å². The maximum absolute atomic E-state index is 11.9. The van der Waals surface area contributed by atoms with Crippen molar-refractivity contribution in [1.82, 2.24) is 20.5 Å². The molecule has 0 aromatic carbocycles. The predicted molar refractivity (Wildman–Crippen MR) is 63.2 cm³/mol. The Kier molecular flexibility index (Phi) is 3.48. The lowest BCUT2D eigenvalue weighted by molar-refractivity contribution is -0.123. The zero-order valence-corrected chi connectivity index (χ0v) is 10.1. The number of hydrogen-bond acceptors (Lipinski definition) is 4. The Balaban J connectivity index is 1.75. The van der Waals surface area contributed by atoms with Gasteiger partial charge in [-0.25, -0.2) is 4.98 Å². The Morgan fingerprint density at radius 3 is 3.25 bits per heavy atom. The van der Waals surface area contributed by atoms with E-state index in [1.54, 1.807) is 11.8 Å². The van der Waals surface area contributed by atoms with Gasteiger partial charge >= 0.3 is 0 Å². The van der Waals surface area contributed by atoms with Crippen LogP contribution >= 0.6 is 11.8 Å². The number of rotatable bonds is 4. The maximum Gasteiger partial charge on any atom is 0.235 e. The van der Waals surface area contributed by atoms with Crippen molar-refractivity contribution in [2.75, 3.05) is 12.3 Å². The van der Waals surface area contributed by atoms with Gasteiger partial charge in [0.1, 0.15) is 12.2 Å². The van der Waals surface area contributed by atoms with E-state index in [1.807, 2.05) is 6.92 Å². The smallest absolute Gasteiger partial charge is 0.235 e. The summed E-state index contributed by atoms with van der Waals surface area (Å²) in [4.78, 5) is 15.9. The molecule has 0 saturated carbocycles. The first kappa shape index (κ1) is 11.4. The number of amides is 1. The van der Waals surface area contributed by atoms with Crippen molar-refractivity contribution in [3.63, 3.8) is 0 Å². The van der Waals surface area contributed by atoms with Crippen LogP contribution in [0.1, 0.15) is 25.6 Å². The maximum atomic E-state index is 11.9. The van der Waals surface area contributed by atoms with Gasteiger partial charge in [-0.1, -0.05) is 0 Å². The third-order valence-corrected chi connectivity index (χ3v) is 4.33. The van der Waals surface area contributed by atoms with E-state index in [2.05, 4.69) is 20.5 Å². The summed E-state index contributed by atoms with van der Waals surface area (Å²) in [6.45, 7) is 2.64. The molecule has 0 radical (unpaired) electrons. The van der Waals surface area contributed by atoms with E-state index in [0.29, 0.717) is 13.0 Å². The molecule has 88 valence electrons. The average Bonchev–Trinajstić information content (AvgIpc) is 2.90. The van der Waals surface area contributed by atoms with Gasteiger partial charge in [-0.3, -0.25) is 9.89 Å². The predicted octanol–water partition coefficient (Wildman–Crippen LogP) is 0.749. The second-order valence-electron chi connectivity index (χ2n) is 4.12. The first-order chi connectivity index (χ1) is 7.71. The number of nitrogens with zero attached hydrogens (tertiary/aromatic N) is 2. The van der Waals surface area contributed by atoms with Crippen molar-refractivity contribution in [3.05, 3.63) is 12.2 Å². The highest BCUT2D eigenvalue weighted by Crippen LogP contribution is 2.37. The van der Waals surface area contributed by atoms with E-state index in [9.17, 15) is 4.79 Å². The molecule has 2 N–H and O–H groups in total. The molecule has 16 heavy (non-hydrogen) atoms. The van der Waals surface area contributed by atoms with E-state index < -0.39 is 0 Å². The SMILES string of the molecule is CC1(C(=O)NCCc2ncn[nH]2)CCCS1. The van der Waals surface area contributed by atoms with E-state index in [-0.39, 0.29) is 10.7 Å². The monoisotopic (exact) mass is 240 g/mol. The van der Waals surface area contributed by atoms with E-state index in [1.165, 1.54) is 6.33 Å². The number of hydrogen-bond donors (Lipinski definition) is 2. The fraction of sp³-hybridized carbons (Fsp3) is 0.700. The number of carbonyl (C=O) groups is 1. The molecule has 2 heterocycles. The Hall–Kier alpha value is -1.04. The molecular formula is C10H16N4OS. The van der Waals surface area contributed by atoms with Crippen molar-refractivity contribution in [1.29, 1.82) is 0 Å². The van der Waals surface area contributed by atoms with Gasteiger partial charge in [-0.15, -0.1) is 11.8 Å². The van der Waals surface area contributed by atoms with Gasteiger partial charge < -0.3 is 5.32 Å². The minimum absolute atomic E-state index is 0.148. The Morgan fingerprint density at radius 2 is 2.62 bits per heavy atom. The lowest BCUT2D eigenvalue weighted by atomic mass is 10.1. The Bertz CT molecular complexity index is 346. The first-order valence-electron chi connectivity index (χ1n) is 5.47. The van der Waals surface area contributed by atoms with Crippen molar-refractivity contribution in [3.8, 4) is 0 Å². The van der Waals surface area contributed by atoms with Crippen molar-refractivity contribution in [2.45, 2.75) is 30.9 Å². The summed E-state index contributed by atoms with van der Waals surface area (Å²) in [7, 11) is 0. The van der Waals surface area contributed by atoms with Crippen LogP contribution in [0.15, 0.2) is 6.33 Å². The fourth-order valence-electron chi connectivity index (χ4n) is 1.79. The molecule has 0 bridgehead atoms. The standard InChI is InChI=1S/C10H16N4OS/c1-10(4-2-6-16-10)9(15)11-5-3-8-12-7-13-14-8/h7H,2-6H2,1H3,(H,11,15)(H,12,13,14). The van der Waals surface area contributed by atoms with Crippen LogP contribution in [0, 0.1) is 0 Å². The van der Waals surface area contributed by atoms with E-state index >= 15 is 0 Å². The third kappa shape index (κ3) is 2.55. The Morgan fingerprint density at radius 1 is 1.75 bits per heavy atom. The van der Waals surface area contributed by atoms with E-state index in [0.717, 1.165) is 24.4 Å². The van der Waals surface area contributed by atoms with Crippen LogP contribution in [-0.4, -0.2) is 38.1 Å². The summed E-state index contributed by atoms with van der Waals surface area (Å²) < 4.78 is -0.221. The zero-order chi connectivity index (χ0) is 11.4. The van der Waals surface area contributed by atoms with Crippen molar-refractivity contribution >= 4 is 17.7 Å². The van der Waals surface area contributed by atoms with Crippen molar-refractivity contribution in [2.24, 2.45) is 0 Å². The highest BCUT2D eigenvalue weighted by Gasteiger charge is 2.36. The zero-order valence-electron chi connectivity index (χ0n) is 9.32. The van der Waals surface area contributed by atoms with Crippen molar-refractivity contribution < 1.29 is 4.79 Å². The Labute approximate surface area is 98.8 Å². The van der Waals surface area contributed by atoms with Crippen LogP contribution in [0.5, 0.6) is 0 Å². The van der Waals surface area contributed by atoms with Gasteiger partial charge in [0, 0.05) is 13.0 Å². The quantitative estimate of drug-likeness (QED) is 0.814. The lowest BCUT2D eigenvalue weighted by Crippen LogP contribution is -2.41. The number of nitrogens with one attached hydrogen (secondary N) is 2. The van der Waals surface area contributed by atoms with Crippen LogP contribution in [-0.2, 0) is 11.2 Å². The summed E-state index contributed by atoms with van der Waals surface area (Å²) in [5.74, 6) is 2.05. The molecule has 5 nitrogen and oxygen atoms in total. The molecule has 1 aliphatic heterocycles. The van der Waals surface area contributed by atoms with Gasteiger partial charge in [-0.05, 0) is 25.5 Å². The molecule has 1 atom stereocenters. The molecule has 1 aliphatic rings. The minimum atomic E-state index is -0.221. The number of H-pyrrole nitrogens is 1.